The number of carbonyl (C=O) groups is 1. The zero-order valence-corrected chi connectivity index (χ0v) is 26.9. The summed E-state index contributed by atoms with van der Waals surface area (Å²) >= 11 is 6.16. The summed E-state index contributed by atoms with van der Waals surface area (Å²) < 4.78 is 19.9. The number of fused-ring (bicyclic) bond motifs is 3. The van der Waals surface area contributed by atoms with Gasteiger partial charge in [-0.1, -0.05) is 48.9 Å². The summed E-state index contributed by atoms with van der Waals surface area (Å²) in [7, 11) is 1.65. The predicted molar refractivity (Wildman–Crippen MR) is 180 cm³/mol. The smallest absolute Gasteiger partial charge is 0.163 e. The highest BCUT2D eigenvalue weighted by atomic mass is 35.5. The minimum atomic E-state index is -0.243. The maximum atomic E-state index is 13.7. The number of nitrogens with zero attached hydrogens (tertiary/aromatic N) is 4. The van der Waals surface area contributed by atoms with Crippen molar-refractivity contribution in [2.45, 2.75) is 39.2 Å². The Kier molecular flexibility index (Phi) is 6.99. The molecule has 0 bridgehead atoms. The van der Waals surface area contributed by atoms with Gasteiger partial charge in [-0.15, -0.1) is 5.10 Å². The van der Waals surface area contributed by atoms with Crippen molar-refractivity contribution in [1.82, 2.24) is 20.0 Å². The number of rotatable bonds is 6. The third-order valence-corrected chi connectivity index (χ3v) is 9.19. The van der Waals surface area contributed by atoms with E-state index in [9.17, 15) is 4.79 Å². The summed E-state index contributed by atoms with van der Waals surface area (Å²) in [6, 6.07) is 25.6. The molecule has 1 atom stereocenters. The third-order valence-electron chi connectivity index (χ3n) is 8.96. The first-order valence-corrected chi connectivity index (χ1v) is 15.9. The Morgan fingerprint density at radius 3 is 2.62 bits per heavy atom. The van der Waals surface area contributed by atoms with Crippen LogP contribution in [0.15, 0.2) is 103 Å². The number of halogens is 1. The summed E-state index contributed by atoms with van der Waals surface area (Å²) in [4.78, 5) is 18.1. The highest BCUT2D eigenvalue weighted by Gasteiger charge is 2.42. The number of pyridine rings is 1. The van der Waals surface area contributed by atoms with Crippen LogP contribution in [-0.4, -0.2) is 32.9 Å². The number of benzene rings is 4. The average molecular weight is 643 g/mol. The molecule has 234 valence electrons. The van der Waals surface area contributed by atoms with Crippen molar-refractivity contribution >= 4 is 39.1 Å². The van der Waals surface area contributed by atoms with Crippen LogP contribution < -0.4 is 14.2 Å². The second kappa shape index (κ2) is 11.2. The molecule has 3 heterocycles. The fourth-order valence-corrected chi connectivity index (χ4v) is 6.91. The number of aromatic nitrogens is 4. The molecule has 0 saturated heterocycles. The number of hydrogen-bond donors (Lipinski definition) is 0. The molecule has 2 aromatic heterocycles. The molecule has 1 unspecified atom stereocenters. The van der Waals surface area contributed by atoms with E-state index in [1.165, 1.54) is 0 Å². The molecule has 0 radical (unpaired) electrons. The van der Waals surface area contributed by atoms with Crippen LogP contribution in [0.3, 0.4) is 0 Å². The fraction of sp³-hybridized carbons (Fsp3) is 0.211. The second-order valence-corrected chi connectivity index (χ2v) is 13.4. The largest absolute Gasteiger partial charge is 0.497 e. The molecule has 4 aromatic carbocycles. The molecule has 2 aliphatic rings. The molecule has 0 spiro atoms. The number of hydrogen-bond acceptors (Lipinski definition) is 7. The monoisotopic (exact) mass is 642 g/mol. The molecule has 0 saturated carbocycles. The quantitative estimate of drug-likeness (QED) is 0.180. The zero-order valence-electron chi connectivity index (χ0n) is 26.2. The molecule has 47 heavy (non-hydrogen) atoms. The second-order valence-electron chi connectivity index (χ2n) is 12.9. The lowest BCUT2D eigenvalue weighted by Crippen LogP contribution is -2.32. The van der Waals surface area contributed by atoms with Crippen molar-refractivity contribution in [3.05, 3.63) is 124 Å². The molecule has 8 nitrogen and oxygen atoms in total. The van der Waals surface area contributed by atoms with Crippen LogP contribution in [0.4, 0.5) is 0 Å². The molecule has 0 fully saturated rings. The molecule has 1 aliphatic carbocycles. The van der Waals surface area contributed by atoms with Crippen LogP contribution in [0.5, 0.6) is 17.2 Å². The van der Waals surface area contributed by atoms with Gasteiger partial charge in [-0.3, -0.25) is 9.78 Å². The summed E-state index contributed by atoms with van der Waals surface area (Å²) in [5, 5.41) is 12.2. The van der Waals surface area contributed by atoms with Crippen molar-refractivity contribution in [3.8, 4) is 22.9 Å². The zero-order chi connectivity index (χ0) is 32.3. The van der Waals surface area contributed by atoms with Gasteiger partial charge in [0.2, 0.25) is 0 Å². The normalized spacial score (nSPS) is 16.9. The van der Waals surface area contributed by atoms with Crippen molar-refractivity contribution in [2.24, 2.45) is 5.41 Å². The van der Waals surface area contributed by atoms with Gasteiger partial charge >= 0.3 is 0 Å². The Morgan fingerprint density at radius 2 is 1.79 bits per heavy atom. The Labute approximate surface area is 276 Å². The topological polar surface area (TPSA) is 88.4 Å². The fourth-order valence-electron chi connectivity index (χ4n) is 6.74. The molecule has 1 aliphatic heterocycles. The standard InChI is InChI=1S/C38H31ClN4O4/c1-38(2)18-33(44)37-35(19-38)47-34-16-23-6-10-28(14-24(23)15-30(34)36(37)22-4-8-27(45-3)9-5-22)46-21-26-20-43(42-41-26)32-12-13-40-31-17-25(39)7-11-29(31)32/h4-17,20,36H,18-19,21H2,1-3H3. The van der Waals surface area contributed by atoms with E-state index in [1.54, 1.807) is 18.0 Å². The van der Waals surface area contributed by atoms with Gasteiger partial charge in [-0.2, -0.15) is 0 Å². The highest BCUT2D eigenvalue weighted by Crippen LogP contribution is 2.51. The van der Waals surface area contributed by atoms with Gasteiger partial charge in [0.05, 0.1) is 24.5 Å². The van der Waals surface area contributed by atoms with Crippen molar-refractivity contribution < 1.29 is 19.0 Å². The van der Waals surface area contributed by atoms with E-state index in [0.29, 0.717) is 29.3 Å². The van der Waals surface area contributed by atoms with E-state index < -0.39 is 0 Å². The lowest BCUT2D eigenvalue weighted by molar-refractivity contribution is -0.118. The Hall–Kier alpha value is -5.21. The number of allylic oxidation sites excluding steroid dienone is 2. The maximum absolute atomic E-state index is 13.7. The molecule has 6 aromatic rings. The number of ketones is 1. The molecule has 8 rings (SSSR count). The van der Waals surface area contributed by atoms with Gasteiger partial charge < -0.3 is 14.2 Å². The van der Waals surface area contributed by atoms with E-state index in [0.717, 1.165) is 61.3 Å². The highest BCUT2D eigenvalue weighted by molar-refractivity contribution is 6.31. The van der Waals surface area contributed by atoms with Crippen LogP contribution in [0.1, 0.15) is 49.4 Å². The van der Waals surface area contributed by atoms with Gasteiger partial charge in [0, 0.05) is 46.5 Å². The van der Waals surface area contributed by atoms with Crippen LogP contribution >= 0.6 is 11.6 Å². The van der Waals surface area contributed by atoms with Crippen molar-refractivity contribution in [3.63, 3.8) is 0 Å². The molecule has 0 N–H and O–H groups in total. The minimum Gasteiger partial charge on any atom is -0.497 e. The molecule has 0 amide bonds. The van der Waals surface area contributed by atoms with Gasteiger partial charge in [-0.25, -0.2) is 4.68 Å². The summed E-state index contributed by atoms with van der Waals surface area (Å²) in [5.41, 5.74) is 4.89. The Morgan fingerprint density at radius 1 is 0.957 bits per heavy atom. The lowest BCUT2D eigenvalue weighted by atomic mass is 9.70. The number of carbonyl (C=O) groups excluding carboxylic acids is 1. The molecular weight excluding hydrogens is 612 g/mol. The maximum Gasteiger partial charge on any atom is 0.163 e. The first-order valence-electron chi connectivity index (χ1n) is 15.5. The number of Topliss-reactive ketones (excluding diaryl/α,β-unsaturated/α-hetero) is 1. The van der Waals surface area contributed by atoms with Crippen LogP contribution in [0.2, 0.25) is 5.02 Å². The summed E-state index contributed by atoms with van der Waals surface area (Å²) in [6.45, 7) is 4.48. The van der Waals surface area contributed by atoms with Gasteiger partial charge in [0.1, 0.15) is 35.3 Å². The SMILES string of the molecule is COc1ccc(C2C3=C(CC(C)(C)CC3=O)Oc3cc4ccc(OCc5cn(-c6ccnc7cc(Cl)ccc67)nn5)cc4cc32)cc1. The first kappa shape index (κ1) is 29.2. The average Bonchev–Trinajstić information content (AvgIpc) is 3.53. The van der Waals surface area contributed by atoms with E-state index >= 15 is 0 Å². The van der Waals surface area contributed by atoms with Crippen LogP contribution in [0.25, 0.3) is 27.4 Å². The third kappa shape index (κ3) is 5.38. The number of ether oxygens (including phenoxy) is 3. The first-order chi connectivity index (χ1) is 22.7. The van der Waals surface area contributed by atoms with Crippen LogP contribution in [0, 0.1) is 5.41 Å². The Balaban J connectivity index is 1.10. The van der Waals surface area contributed by atoms with E-state index in [4.69, 9.17) is 25.8 Å². The van der Waals surface area contributed by atoms with Gasteiger partial charge in [0.25, 0.3) is 0 Å². The summed E-state index contributed by atoms with van der Waals surface area (Å²) in [5.74, 6) is 2.91. The molecule has 9 heteroatoms. The molecular formula is C38H31ClN4O4. The predicted octanol–water partition coefficient (Wildman–Crippen LogP) is 8.38. The van der Waals surface area contributed by atoms with E-state index in [-0.39, 0.29) is 23.7 Å². The van der Waals surface area contributed by atoms with Crippen LogP contribution in [-0.2, 0) is 11.4 Å². The van der Waals surface area contributed by atoms with Crippen molar-refractivity contribution in [1.29, 1.82) is 0 Å². The lowest BCUT2D eigenvalue weighted by Gasteiger charge is -2.38. The Bertz CT molecular complexity index is 2240. The van der Waals surface area contributed by atoms with Gasteiger partial charge in [-0.05, 0) is 82.4 Å². The summed E-state index contributed by atoms with van der Waals surface area (Å²) in [6.07, 6.45) is 4.78. The van der Waals surface area contributed by atoms with Gasteiger partial charge in [0.15, 0.2) is 5.78 Å². The van der Waals surface area contributed by atoms with E-state index in [1.807, 2.05) is 72.9 Å². The minimum absolute atomic E-state index is 0.136. The number of methoxy groups -OCH3 is 1. The van der Waals surface area contributed by atoms with E-state index in [2.05, 4.69) is 41.3 Å². The van der Waals surface area contributed by atoms with Crippen molar-refractivity contribution in [2.75, 3.05) is 7.11 Å².